The van der Waals surface area contributed by atoms with Gasteiger partial charge in [0, 0.05) is 17.8 Å². The quantitative estimate of drug-likeness (QED) is 0.867. The van der Waals surface area contributed by atoms with Gasteiger partial charge in [0.05, 0.1) is 12.6 Å². The molecule has 1 aromatic carbocycles. The fourth-order valence-corrected chi connectivity index (χ4v) is 2.90. The van der Waals surface area contributed by atoms with Gasteiger partial charge in [-0.05, 0) is 11.1 Å². The number of carbonyl (C=O) groups excluding carboxylic acids is 1. The number of rotatable bonds is 4. The lowest BCUT2D eigenvalue weighted by atomic mass is 10.1. The van der Waals surface area contributed by atoms with E-state index < -0.39 is 22.9 Å². The Bertz CT molecular complexity index is 808. The van der Waals surface area contributed by atoms with Crippen LogP contribution in [0.3, 0.4) is 0 Å². The lowest BCUT2D eigenvalue weighted by Crippen LogP contribution is -2.17. The number of carboxylic acid groups (broad SMARTS) is 1. The molecule has 112 valence electrons. The molecule has 22 heavy (non-hydrogen) atoms. The molecule has 2 heterocycles. The predicted molar refractivity (Wildman–Crippen MR) is 79.6 cm³/mol. The second-order valence-corrected chi connectivity index (χ2v) is 5.82. The van der Waals surface area contributed by atoms with Gasteiger partial charge in [-0.2, -0.15) is 5.10 Å². The Morgan fingerprint density at radius 1 is 1.27 bits per heavy atom. The molecule has 0 fully saturated rings. The van der Waals surface area contributed by atoms with Crippen LogP contribution in [0.1, 0.15) is 5.56 Å². The average Bonchev–Trinajstić information content (AvgIpc) is 3.05. The van der Waals surface area contributed by atoms with Gasteiger partial charge >= 0.3 is 5.97 Å². The number of benzene rings is 1. The van der Waals surface area contributed by atoms with Crippen LogP contribution in [0.25, 0.3) is 16.2 Å². The SMILES string of the molecule is O=C(O)Cc1ccc(-c2cnn(C3=CC(=O)NS3=O)c2)cc1. The summed E-state index contributed by atoms with van der Waals surface area (Å²) in [6.45, 7) is 0. The summed E-state index contributed by atoms with van der Waals surface area (Å²) in [7, 11) is -1.60. The van der Waals surface area contributed by atoms with Crippen LogP contribution in [0.15, 0.2) is 42.7 Å². The van der Waals surface area contributed by atoms with Crippen LogP contribution in [0.4, 0.5) is 0 Å². The smallest absolute Gasteiger partial charge is 0.307 e. The molecule has 0 radical (unpaired) electrons. The van der Waals surface area contributed by atoms with Crippen molar-refractivity contribution in [3.05, 3.63) is 48.3 Å². The summed E-state index contributed by atoms with van der Waals surface area (Å²) < 4.78 is 15.3. The molecule has 8 heteroatoms. The lowest BCUT2D eigenvalue weighted by molar-refractivity contribution is -0.136. The number of aliphatic carboxylic acids is 1. The molecule has 0 saturated carbocycles. The van der Waals surface area contributed by atoms with Crippen molar-refractivity contribution in [3.8, 4) is 11.1 Å². The number of aromatic nitrogens is 2. The van der Waals surface area contributed by atoms with Gasteiger partial charge in [-0.25, -0.2) is 8.89 Å². The van der Waals surface area contributed by atoms with Gasteiger partial charge < -0.3 is 5.11 Å². The molecule has 2 aromatic rings. The van der Waals surface area contributed by atoms with Crippen LogP contribution >= 0.6 is 0 Å². The number of nitrogens with zero attached hydrogens (tertiary/aromatic N) is 2. The van der Waals surface area contributed by atoms with E-state index in [0.717, 1.165) is 11.1 Å². The summed E-state index contributed by atoms with van der Waals surface area (Å²) in [5.74, 6) is -1.29. The van der Waals surface area contributed by atoms with Gasteiger partial charge in [-0.3, -0.25) is 14.3 Å². The lowest BCUT2D eigenvalue weighted by Gasteiger charge is -2.01. The summed E-state index contributed by atoms with van der Waals surface area (Å²) >= 11 is 0. The minimum Gasteiger partial charge on any atom is -0.481 e. The highest BCUT2D eigenvalue weighted by molar-refractivity contribution is 7.93. The van der Waals surface area contributed by atoms with Crippen LogP contribution in [0, 0.1) is 0 Å². The Kier molecular flexibility index (Phi) is 3.60. The zero-order chi connectivity index (χ0) is 15.7. The Balaban J connectivity index is 1.85. The molecule has 1 aromatic heterocycles. The predicted octanol–water partition coefficient (Wildman–Crippen LogP) is 0.769. The van der Waals surface area contributed by atoms with Gasteiger partial charge in [0.2, 0.25) is 0 Å². The van der Waals surface area contributed by atoms with Crippen LogP contribution < -0.4 is 4.72 Å². The van der Waals surface area contributed by atoms with E-state index in [-0.39, 0.29) is 11.4 Å². The van der Waals surface area contributed by atoms with Crippen molar-refractivity contribution in [1.29, 1.82) is 0 Å². The molecule has 1 unspecified atom stereocenters. The molecular formula is C14H11N3O4S. The number of carboxylic acids is 1. The first-order valence-electron chi connectivity index (χ1n) is 6.33. The standard InChI is InChI=1S/C14H11N3O4S/c18-12-6-13(22(21)16-12)17-8-11(7-15-17)10-3-1-9(2-4-10)5-14(19)20/h1-4,6-8H,5H2,(H,16,18)(H,19,20). The molecule has 1 aliphatic rings. The average molecular weight is 317 g/mol. The maximum absolute atomic E-state index is 11.7. The zero-order valence-corrected chi connectivity index (χ0v) is 12.0. The number of hydrogen-bond acceptors (Lipinski definition) is 4. The van der Waals surface area contributed by atoms with E-state index in [4.69, 9.17) is 5.11 Å². The number of hydrogen-bond donors (Lipinski definition) is 2. The molecule has 1 aliphatic heterocycles. The molecule has 1 atom stereocenters. The third-order valence-corrected chi connectivity index (χ3v) is 4.16. The highest BCUT2D eigenvalue weighted by Crippen LogP contribution is 2.22. The summed E-state index contributed by atoms with van der Waals surface area (Å²) in [6, 6.07) is 7.06. The van der Waals surface area contributed by atoms with Crippen molar-refractivity contribution in [2.45, 2.75) is 6.42 Å². The summed E-state index contributed by atoms with van der Waals surface area (Å²) in [6.07, 6.45) is 4.46. The Hall–Kier alpha value is -2.74. The Morgan fingerprint density at radius 3 is 2.59 bits per heavy atom. The highest BCUT2D eigenvalue weighted by Gasteiger charge is 2.21. The van der Waals surface area contributed by atoms with Gasteiger partial charge in [0.25, 0.3) is 5.91 Å². The molecule has 1 amide bonds. The van der Waals surface area contributed by atoms with Crippen LogP contribution in [-0.4, -0.2) is 31.0 Å². The van der Waals surface area contributed by atoms with Crippen molar-refractivity contribution in [1.82, 2.24) is 14.5 Å². The van der Waals surface area contributed by atoms with E-state index >= 15 is 0 Å². The molecule has 0 bridgehead atoms. The van der Waals surface area contributed by atoms with Crippen LogP contribution in [0.2, 0.25) is 0 Å². The van der Waals surface area contributed by atoms with E-state index in [2.05, 4.69) is 9.82 Å². The number of amides is 1. The molecule has 7 nitrogen and oxygen atoms in total. The first kappa shape index (κ1) is 14.2. The fourth-order valence-electron chi connectivity index (χ4n) is 2.07. The van der Waals surface area contributed by atoms with Gasteiger partial charge in [-0.15, -0.1) is 0 Å². The monoisotopic (exact) mass is 317 g/mol. The third kappa shape index (κ3) is 2.82. The third-order valence-electron chi connectivity index (χ3n) is 3.09. The molecule has 2 N–H and O–H groups in total. The van der Waals surface area contributed by atoms with E-state index in [1.807, 2.05) is 0 Å². The first-order chi connectivity index (χ1) is 10.5. The molecule has 0 aliphatic carbocycles. The van der Waals surface area contributed by atoms with Crippen molar-refractivity contribution < 1.29 is 18.9 Å². The maximum Gasteiger partial charge on any atom is 0.307 e. The minimum atomic E-state index is -1.60. The second-order valence-electron chi connectivity index (χ2n) is 4.66. The first-order valence-corrected chi connectivity index (χ1v) is 7.48. The van der Waals surface area contributed by atoms with Gasteiger partial charge in [0.15, 0.2) is 16.0 Å². The van der Waals surface area contributed by atoms with Crippen LogP contribution in [-0.2, 0) is 27.0 Å². The number of nitrogens with one attached hydrogen (secondary N) is 1. The van der Waals surface area contributed by atoms with E-state index in [1.54, 1.807) is 36.7 Å². The number of carbonyl (C=O) groups is 2. The molecule has 3 rings (SSSR count). The summed E-state index contributed by atoms with van der Waals surface area (Å²) in [5.41, 5.74) is 2.33. The zero-order valence-electron chi connectivity index (χ0n) is 11.2. The maximum atomic E-state index is 11.7. The fraction of sp³-hybridized carbons (Fsp3) is 0.0714. The summed E-state index contributed by atoms with van der Waals surface area (Å²) in [4.78, 5) is 21.8. The molecular weight excluding hydrogens is 306 g/mol. The van der Waals surface area contributed by atoms with Crippen molar-refractivity contribution >= 4 is 27.9 Å². The second kappa shape index (κ2) is 5.57. The van der Waals surface area contributed by atoms with E-state index in [0.29, 0.717) is 5.56 Å². The molecule has 0 saturated heterocycles. The van der Waals surface area contributed by atoms with Crippen molar-refractivity contribution in [2.75, 3.05) is 0 Å². The molecule has 0 spiro atoms. The van der Waals surface area contributed by atoms with E-state index in [9.17, 15) is 13.8 Å². The largest absolute Gasteiger partial charge is 0.481 e. The summed E-state index contributed by atoms with van der Waals surface area (Å²) in [5, 5.41) is 13.1. The van der Waals surface area contributed by atoms with Crippen molar-refractivity contribution in [3.63, 3.8) is 0 Å². The normalized spacial score (nSPS) is 17.2. The van der Waals surface area contributed by atoms with Gasteiger partial charge in [0.1, 0.15) is 0 Å². The topological polar surface area (TPSA) is 101 Å². The highest BCUT2D eigenvalue weighted by atomic mass is 32.2. The van der Waals surface area contributed by atoms with Gasteiger partial charge in [-0.1, -0.05) is 24.3 Å². The Morgan fingerprint density at radius 2 is 2.00 bits per heavy atom. The van der Waals surface area contributed by atoms with E-state index in [1.165, 1.54) is 10.8 Å². The Labute approximate surface area is 127 Å². The van der Waals surface area contributed by atoms with Crippen molar-refractivity contribution in [2.24, 2.45) is 0 Å². The van der Waals surface area contributed by atoms with Crippen LogP contribution in [0.5, 0.6) is 0 Å². The minimum absolute atomic E-state index is 0.0286.